The predicted molar refractivity (Wildman–Crippen MR) is 125 cm³/mol. The van der Waals surface area contributed by atoms with Gasteiger partial charge >= 0.3 is 0 Å². The first-order valence-electron chi connectivity index (χ1n) is 10.8. The molecule has 32 heavy (non-hydrogen) atoms. The van der Waals surface area contributed by atoms with Crippen LogP contribution in [0.15, 0.2) is 53.4 Å². The molecule has 1 saturated heterocycles. The summed E-state index contributed by atoms with van der Waals surface area (Å²) >= 11 is 6.04. The van der Waals surface area contributed by atoms with E-state index in [0.29, 0.717) is 36.5 Å². The highest BCUT2D eigenvalue weighted by Crippen LogP contribution is 2.35. The maximum atomic E-state index is 13.6. The number of hydrogen-bond donors (Lipinski definition) is 0. The molecule has 6 nitrogen and oxygen atoms in total. The van der Waals surface area contributed by atoms with E-state index in [9.17, 15) is 18.0 Å². The molecular formula is C24H29ClN2O4S. The van der Waals surface area contributed by atoms with Gasteiger partial charge < -0.3 is 4.90 Å². The summed E-state index contributed by atoms with van der Waals surface area (Å²) in [4.78, 5) is 27.0. The number of amides is 1. The lowest BCUT2D eigenvalue weighted by Gasteiger charge is -2.40. The van der Waals surface area contributed by atoms with Gasteiger partial charge in [-0.15, -0.1) is 0 Å². The van der Waals surface area contributed by atoms with Gasteiger partial charge in [0.05, 0.1) is 10.3 Å². The molecule has 1 fully saturated rings. The molecule has 0 unspecified atom stereocenters. The summed E-state index contributed by atoms with van der Waals surface area (Å²) in [7, 11) is -3.69. The van der Waals surface area contributed by atoms with Gasteiger partial charge in [0.25, 0.3) is 0 Å². The highest BCUT2D eigenvalue weighted by molar-refractivity contribution is 7.89. The largest absolute Gasteiger partial charge is 0.339 e. The smallest absolute Gasteiger partial charge is 0.243 e. The molecule has 0 saturated carbocycles. The lowest BCUT2D eigenvalue weighted by atomic mass is 9.74. The Hall–Kier alpha value is -2.22. The minimum absolute atomic E-state index is 0.0210. The zero-order valence-corrected chi connectivity index (χ0v) is 20.2. The van der Waals surface area contributed by atoms with Crippen LogP contribution in [0.1, 0.15) is 49.5 Å². The van der Waals surface area contributed by atoms with Crippen LogP contribution >= 0.6 is 11.6 Å². The van der Waals surface area contributed by atoms with Crippen molar-refractivity contribution in [1.82, 2.24) is 9.21 Å². The third-order valence-corrected chi connectivity index (χ3v) is 8.60. The molecule has 2 aromatic rings. The Morgan fingerprint density at radius 2 is 1.44 bits per heavy atom. The van der Waals surface area contributed by atoms with Crippen LogP contribution in [0.2, 0.25) is 5.02 Å². The van der Waals surface area contributed by atoms with Crippen molar-refractivity contribution in [3.8, 4) is 0 Å². The van der Waals surface area contributed by atoms with Crippen molar-refractivity contribution in [3.05, 3.63) is 64.7 Å². The molecule has 3 rings (SSSR count). The van der Waals surface area contributed by atoms with Gasteiger partial charge in [0.15, 0.2) is 5.78 Å². The number of carbonyl (C=O) groups is 2. The van der Waals surface area contributed by atoms with Crippen LogP contribution in [0.3, 0.4) is 0 Å². The summed E-state index contributed by atoms with van der Waals surface area (Å²) < 4.78 is 27.5. The second-order valence-corrected chi connectivity index (χ2v) is 10.4. The topological polar surface area (TPSA) is 74.8 Å². The quantitative estimate of drug-likeness (QED) is 0.563. The molecule has 8 heteroatoms. The number of nitrogens with zero attached hydrogens (tertiary/aromatic N) is 2. The first-order valence-corrected chi connectivity index (χ1v) is 12.6. The molecule has 1 aliphatic heterocycles. The van der Waals surface area contributed by atoms with Crippen molar-refractivity contribution in [2.45, 2.75) is 43.9 Å². The molecule has 1 heterocycles. The molecule has 0 N–H and O–H groups in total. The van der Waals surface area contributed by atoms with E-state index in [1.165, 1.54) is 35.5 Å². The van der Waals surface area contributed by atoms with Gasteiger partial charge in [-0.25, -0.2) is 8.42 Å². The summed E-state index contributed by atoms with van der Waals surface area (Å²) in [5.74, 6) is -0.0928. The third kappa shape index (κ3) is 4.60. The van der Waals surface area contributed by atoms with Crippen LogP contribution in [0.5, 0.6) is 0 Å². The van der Waals surface area contributed by atoms with Crippen LogP contribution in [-0.2, 0) is 20.2 Å². The first-order chi connectivity index (χ1) is 15.2. The molecule has 1 aliphatic rings. The highest BCUT2D eigenvalue weighted by atomic mass is 35.5. The Bertz CT molecular complexity index is 1070. The van der Waals surface area contributed by atoms with E-state index in [-0.39, 0.29) is 29.7 Å². The van der Waals surface area contributed by atoms with E-state index in [1.54, 1.807) is 17.0 Å². The SMILES string of the molecule is CCC(CC)(C(=O)N1CCN(S(=O)(=O)c2ccc(C(C)=O)cc2)CC1)c1ccc(Cl)cc1. The van der Waals surface area contributed by atoms with Gasteiger partial charge in [-0.1, -0.05) is 49.7 Å². The van der Waals surface area contributed by atoms with Gasteiger partial charge in [-0.2, -0.15) is 4.31 Å². The van der Waals surface area contributed by atoms with E-state index in [2.05, 4.69) is 0 Å². The first kappa shape index (κ1) is 24.4. The van der Waals surface area contributed by atoms with Crippen LogP contribution < -0.4 is 0 Å². The number of sulfonamides is 1. The second-order valence-electron chi connectivity index (χ2n) is 8.07. The maximum absolute atomic E-state index is 13.6. The summed E-state index contributed by atoms with van der Waals surface area (Å²) in [6.07, 6.45) is 1.29. The Balaban J connectivity index is 1.75. The lowest BCUT2D eigenvalue weighted by Crippen LogP contribution is -2.55. The van der Waals surface area contributed by atoms with Gasteiger partial charge in [0, 0.05) is 36.8 Å². The molecule has 0 aliphatic carbocycles. The van der Waals surface area contributed by atoms with Crippen LogP contribution in [0, 0.1) is 0 Å². The zero-order valence-electron chi connectivity index (χ0n) is 18.7. The average Bonchev–Trinajstić information content (AvgIpc) is 2.81. The van der Waals surface area contributed by atoms with Gasteiger partial charge in [0.1, 0.15) is 0 Å². The van der Waals surface area contributed by atoms with E-state index in [4.69, 9.17) is 11.6 Å². The molecule has 1 amide bonds. The lowest BCUT2D eigenvalue weighted by molar-refractivity contribution is -0.139. The summed E-state index contributed by atoms with van der Waals surface area (Å²) in [5, 5.41) is 0.623. The van der Waals surface area contributed by atoms with Gasteiger partial charge in [-0.3, -0.25) is 9.59 Å². The average molecular weight is 477 g/mol. The zero-order chi connectivity index (χ0) is 23.5. The Labute approximate surface area is 195 Å². The normalized spacial score (nSPS) is 15.6. The van der Waals surface area contributed by atoms with Gasteiger partial charge in [0.2, 0.25) is 15.9 Å². The molecule has 0 spiro atoms. The third-order valence-electron chi connectivity index (χ3n) is 6.44. The number of halogens is 1. The number of Topliss-reactive ketones (excluding diaryl/α,β-unsaturated/α-hetero) is 1. The molecule has 0 aromatic heterocycles. The maximum Gasteiger partial charge on any atom is 0.243 e. The fraction of sp³-hybridized carbons (Fsp3) is 0.417. The summed E-state index contributed by atoms with van der Waals surface area (Å²) in [6, 6.07) is 13.4. The predicted octanol–water partition coefficient (Wildman–Crippen LogP) is 4.13. The van der Waals surface area contributed by atoms with Crippen molar-refractivity contribution in [1.29, 1.82) is 0 Å². The second kappa shape index (κ2) is 9.73. The number of ketones is 1. The van der Waals surface area contributed by atoms with Crippen LogP contribution in [0.25, 0.3) is 0 Å². The van der Waals surface area contributed by atoms with Crippen molar-refractivity contribution in [2.24, 2.45) is 0 Å². The number of hydrogen-bond acceptors (Lipinski definition) is 4. The number of piperazine rings is 1. The fourth-order valence-electron chi connectivity index (χ4n) is 4.30. The van der Waals surface area contributed by atoms with E-state index >= 15 is 0 Å². The fourth-order valence-corrected chi connectivity index (χ4v) is 5.85. The Morgan fingerprint density at radius 3 is 1.91 bits per heavy atom. The van der Waals surface area contributed by atoms with Crippen molar-refractivity contribution in [2.75, 3.05) is 26.2 Å². The Morgan fingerprint density at radius 1 is 0.906 bits per heavy atom. The molecule has 0 radical (unpaired) electrons. The minimum Gasteiger partial charge on any atom is -0.339 e. The van der Waals surface area contributed by atoms with E-state index in [1.807, 2.05) is 26.0 Å². The van der Waals surface area contributed by atoms with Crippen molar-refractivity contribution < 1.29 is 18.0 Å². The molecule has 172 valence electrons. The monoisotopic (exact) mass is 476 g/mol. The number of carbonyl (C=O) groups excluding carboxylic acids is 2. The highest BCUT2D eigenvalue weighted by Gasteiger charge is 2.41. The minimum atomic E-state index is -3.69. The molecule has 2 aromatic carbocycles. The van der Waals surface area contributed by atoms with E-state index in [0.717, 1.165) is 5.56 Å². The van der Waals surface area contributed by atoms with E-state index < -0.39 is 15.4 Å². The molecular weight excluding hydrogens is 448 g/mol. The van der Waals surface area contributed by atoms with Crippen LogP contribution in [0.4, 0.5) is 0 Å². The standard InChI is InChI=1S/C24H29ClN2O4S/c1-4-24(5-2,20-8-10-21(25)11-9-20)23(29)26-14-16-27(17-15-26)32(30,31)22-12-6-19(7-13-22)18(3)28/h6-13H,4-5,14-17H2,1-3H3. The molecule has 0 bridgehead atoms. The number of rotatable bonds is 7. The number of benzene rings is 2. The van der Waals surface area contributed by atoms with Crippen molar-refractivity contribution >= 4 is 33.3 Å². The Kier molecular flexibility index (Phi) is 7.43. The molecule has 0 atom stereocenters. The summed E-state index contributed by atoms with van der Waals surface area (Å²) in [5.41, 5.74) is 0.739. The van der Waals surface area contributed by atoms with Crippen LogP contribution in [-0.4, -0.2) is 55.5 Å². The van der Waals surface area contributed by atoms with Gasteiger partial charge in [-0.05, 0) is 49.6 Å². The summed E-state index contributed by atoms with van der Waals surface area (Å²) in [6.45, 7) is 6.57. The van der Waals surface area contributed by atoms with Crippen molar-refractivity contribution in [3.63, 3.8) is 0 Å².